The Morgan fingerprint density at radius 3 is 2.39 bits per heavy atom. The normalized spacial score (nSPS) is 27.7. The van der Waals surface area contributed by atoms with Gasteiger partial charge < -0.3 is 13.3 Å². The van der Waals surface area contributed by atoms with E-state index in [1.807, 2.05) is 0 Å². The molecule has 0 aromatic heterocycles. The van der Waals surface area contributed by atoms with Crippen LogP contribution in [0.5, 0.6) is 0 Å². The largest absolute Gasteiger partial charge is 0.413 e. The second-order valence-corrected chi connectivity index (χ2v) is 21.3. The Bertz CT molecular complexity index is 785. The summed E-state index contributed by atoms with van der Waals surface area (Å²) in [7, 11) is -4.01. The van der Waals surface area contributed by atoms with Crippen molar-refractivity contribution in [3.8, 4) is 0 Å². The fourth-order valence-corrected chi connectivity index (χ4v) is 8.63. The van der Waals surface area contributed by atoms with Crippen LogP contribution < -0.4 is 0 Å². The molecule has 0 saturated carbocycles. The first kappa shape index (κ1) is 28.8. The third-order valence-corrected chi connectivity index (χ3v) is 14.7. The minimum Gasteiger partial charge on any atom is -0.413 e. The maximum absolute atomic E-state index is 6.91. The lowest BCUT2D eigenvalue weighted by molar-refractivity contribution is 0.0297. The van der Waals surface area contributed by atoms with Gasteiger partial charge in [-0.15, -0.1) is 6.58 Å². The van der Waals surface area contributed by atoms with E-state index in [-0.39, 0.29) is 22.2 Å². The lowest BCUT2D eigenvalue weighted by Crippen LogP contribution is -2.46. The van der Waals surface area contributed by atoms with Crippen molar-refractivity contribution >= 4 is 16.9 Å². The first-order valence-electron chi connectivity index (χ1n) is 12.9. The SMILES string of the molecule is C=C[C@](C)(CC/C=C(\C)CO[Si](C)(C)C(C)(C)C)[C@@H]1O[Si](C)(C)OC(C)(C)[C@@H]2CCC(C)=C21. The summed E-state index contributed by atoms with van der Waals surface area (Å²) in [5.74, 6) is 0.423. The highest BCUT2D eigenvalue weighted by Gasteiger charge is 2.52. The predicted molar refractivity (Wildman–Crippen MR) is 147 cm³/mol. The third-order valence-electron chi connectivity index (χ3n) is 8.42. The fraction of sp³-hybridized carbons (Fsp3) is 0.786. The molecule has 0 N–H and O–H groups in total. The smallest absolute Gasteiger partial charge is 0.332 e. The Kier molecular flexibility index (Phi) is 8.62. The molecule has 3 nitrogen and oxygen atoms in total. The molecular weight excluding hydrogens is 440 g/mol. The molecule has 0 aromatic carbocycles. The van der Waals surface area contributed by atoms with Gasteiger partial charge in [0.15, 0.2) is 8.32 Å². The highest BCUT2D eigenvalue weighted by atomic mass is 28.4. The topological polar surface area (TPSA) is 27.7 Å². The van der Waals surface area contributed by atoms with Crippen molar-refractivity contribution in [2.45, 2.75) is 124 Å². The molecule has 0 bridgehead atoms. The van der Waals surface area contributed by atoms with E-state index in [1.165, 1.54) is 16.7 Å². The molecule has 190 valence electrons. The molecule has 0 unspecified atom stereocenters. The summed E-state index contributed by atoms with van der Waals surface area (Å²) in [6.45, 7) is 32.3. The summed E-state index contributed by atoms with van der Waals surface area (Å²) in [4.78, 5) is 0. The van der Waals surface area contributed by atoms with Crippen LogP contribution in [0.15, 0.2) is 35.5 Å². The molecule has 3 atom stereocenters. The maximum atomic E-state index is 6.91. The van der Waals surface area contributed by atoms with Crippen LogP contribution in [0.3, 0.4) is 0 Å². The lowest BCUT2D eigenvalue weighted by atomic mass is 9.71. The molecule has 1 aliphatic heterocycles. The van der Waals surface area contributed by atoms with Gasteiger partial charge in [0.05, 0.1) is 18.3 Å². The zero-order valence-electron chi connectivity index (χ0n) is 23.8. The highest BCUT2D eigenvalue weighted by molar-refractivity contribution is 6.74. The first-order chi connectivity index (χ1) is 14.9. The van der Waals surface area contributed by atoms with Gasteiger partial charge in [-0.3, -0.25) is 0 Å². The average Bonchev–Trinajstić information content (AvgIpc) is 3.01. The summed E-state index contributed by atoms with van der Waals surface area (Å²) in [5, 5.41) is 0.238. The average molecular weight is 493 g/mol. The Balaban J connectivity index is 2.20. The second-order valence-electron chi connectivity index (χ2n) is 13.3. The standard InChI is InChI=1S/C28H52O3Si2/c1-14-28(9,19-15-16-21(2)20-29-32(10,11)26(4,5)6)25-24-22(3)17-18-23(24)27(7,8)31-33(12,13)30-25/h14,16,23,25H,1,15,17-20H2,2-13H3/b21-16+/t23-,25-,28-/m1/s1. The molecule has 1 aliphatic carbocycles. The van der Waals surface area contributed by atoms with Gasteiger partial charge in [-0.2, -0.15) is 0 Å². The van der Waals surface area contributed by atoms with Gasteiger partial charge in [-0.1, -0.05) is 51.0 Å². The summed E-state index contributed by atoms with van der Waals surface area (Å²) >= 11 is 0. The van der Waals surface area contributed by atoms with E-state index in [1.54, 1.807) is 0 Å². The van der Waals surface area contributed by atoms with Crippen molar-refractivity contribution in [1.29, 1.82) is 0 Å². The molecule has 5 heteroatoms. The van der Waals surface area contributed by atoms with Crippen LogP contribution in [0.1, 0.15) is 81.1 Å². The van der Waals surface area contributed by atoms with E-state index >= 15 is 0 Å². The van der Waals surface area contributed by atoms with Crippen LogP contribution in [0.4, 0.5) is 0 Å². The predicted octanol–water partition coefficient (Wildman–Crippen LogP) is 8.55. The van der Waals surface area contributed by atoms with Crippen LogP contribution >= 0.6 is 0 Å². The third kappa shape index (κ3) is 6.60. The highest BCUT2D eigenvalue weighted by Crippen LogP contribution is 2.51. The summed E-state index contributed by atoms with van der Waals surface area (Å²) in [5.41, 5.74) is 3.99. The van der Waals surface area contributed by atoms with Gasteiger partial charge in [-0.05, 0) is 90.2 Å². The molecule has 0 spiro atoms. The second kappa shape index (κ2) is 9.89. The monoisotopic (exact) mass is 492 g/mol. The van der Waals surface area contributed by atoms with E-state index < -0.39 is 16.9 Å². The van der Waals surface area contributed by atoms with Crippen molar-refractivity contribution in [2.24, 2.45) is 11.3 Å². The number of fused-ring (bicyclic) bond motifs is 1. The Morgan fingerprint density at radius 2 is 1.85 bits per heavy atom. The van der Waals surface area contributed by atoms with Gasteiger partial charge in [-0.25, -0.2) is 0 Å². The van der Waals surface area contributed by atoms with Crippen molar-refractivity contribution in [3.05, 3.63) is 35.5 Å². The summed E-state index contributed by atoms with van der Waals surface area (Å²) in [6, 6.07) is 0. The van der Waals surface area contributed by atoms with Gasteiger partial charge in [0.1, 0.15) is 0 Å². The molecular formula is C28H52O3Si2. The number of hydrogen-bond donors (Lipinski definition) is 0. The van der Waals surface area contributed by atoms with Crippen LogP contribution in [0.25, 0.3) is 0 Å². The van der Waals surface area contributed by atoms with Crippen LogP contribution in [0, 0.1) is 11.3 Å². The van der Waals surface area contributed by atoms with Crippen LogP contribution in [-0.4, -0.2) is 35.2 Å². The van der Waals surface area contributed by atoms with Crippen molar-refractivity contribution in [2.75, 3.05) is 6.61 Å². The zero-order chi connectivity index (χ0) is 25.5. The lowest BCUT2D eigenvalue weighted by Gasteiger charge is -2.39. The molecule has 2 rings (SSSR count). The molecule has 1 fully saturated rings. The molecule has 1 heterocycles. The van der Waals surface area contributed by atoms with Gasteiger partial charge in [0.2, 0.25) is 0 Å². The van der Waals surface area contributed by atoms with Gasteiger partial charge in [0, 0.05) is 11.3 Å². The van der Waals surface area contributed by atoms with E-state index in [9.17, 15) is 0 Å². The molecule has 0 radical (unpaired) electrons. The quantitative estimate of drug-likeness (QED) is 0.251. The Labute approximate surface area is 207 Å². The molecule has 0 amide bonds. The van der Waals surface area contributed by atoms with Gasteiger partial charge >= 0.3 is 8.56 Å². The number of allylic oxidation sites excluding steroid dienone is 2. The number of rotatable bonds is 8. The Morgan fingerprint density at radius 1 is 1.24 bits per heavy atom. The van der Waals surface area contributed by atoms with Gasteiger partial charge in [0.25, 0.3) is 0 Å². The summed E-state index contributed by atoms with van der Waals surface area (Å²) < 4.78 is 20.0. The molecule has 1 saturated heterocycles. The minimum atomic E-state index is -2.29. The Hall–Kier alpha value is -0.466. The summed E-state index contributed by atoms with van der Waals surface area (Å²) in [6.07, 6.45) is 8.86. The van der Waals surface area contributed by atoms with Crippen molar-refractivity contribution < 1.29 is 13.3 Å². The zero-order valence-corrected chi connectivity index (χ0v) is 25.8. The minimum absolute atomic E-state index is 0.0446. The van der Waals surface area contributed by atoms with Crippen LogP contribution in [0.2, 0.25) is 31.2 Å². The molecule has 33 heavy (non-hydrogen) atoms. The first-order valence-corrected chi connectivity index (χ1v) is 18.6. The van der Waals surface area contributed by atoms with Crippen molar-refractivity contribution in [1.82, 2.24) is 0 Å². The molecule has 2 aliphatic rings. The van der Waals surface area contributed by atoms with E-state index in [0.29, 0.717) is 5.92 Å². The van der Waals surface area contributed by atoms with E-state index in [0.717, 1.165) is 32.3 Å². The van der Waals surface area contributed by atoms with E-state index in [2.05, 4.69) is 100 Å². The van der Waals surface area contributed by atoms with Crippen LogP contribution in [-0.2, 0) is 13.3 Å². The van der Waals surface area contributed by atoms with E-state index in [4.69, 9.17) is 13.3 Å². The molecule has 0 aromatic rings. The fourth-order valence-electron chi connectivity index (χ4n) is 5.19. The number of hydrogen-bond acceptors (Lipinski definition) is 3. The maximum Gasteiger partial charge on any atom is 0.332 e. The van der Waals surface area contributed by atoms with Crippen molar-refractivity contribution in [3.63, 3.8) is 0 Å².